The van der Waals surface area contributed by atoms with Gasteiger partial charge in [-0.05, 0) is 105 Å². The molecular weight excluding hydrogens is 1370 g/mol. The Morgan fingerprint density at radius 1 is 0.519 bits per heavy atom. The Morgan fingerprint density at radius 2 is 0.971 bits per heavy atom. The third-order valence-electron chi connectivity index (χ3n) is 18.1. The number of carbonyl (C=O) groups excluding carboxylic acids is 6. The summed E-state index contributed by atoms with van der Waals surface area (Å²) in [6.45, 7) is 11.0. The molecule has 32 heteroatoms. The molecule has 6 fully saturated rings. The average Bonchev–Trinajstić information content (AvgIpc) is 1.55. The number of methoxy groups -OCH3 is 2. The highest BCUT2D eigenvalue weighted by Gasteiger charge is 2.44. The second kappa shape index (κ2) is 37.0. The van der Waals surface area contributed by atoms with Crippen LogP contribution in [0.15, 0.2) is 85.0 Å². The van der Waals surface area contributed by atoms with E-state index in [0.29, 0.717) is 87.4 Å². The van der Waals surface area contributed by atoms with E-state index < -0.39 is 104 Å². The Morgan fingerprint density at radius 3 is 1.43 bits per heavy atom. The number of ketones is 2. The number of aliphatic hydroxyl groups excluding tert-OH is 6. The summed E-state index contributed by atoms with van der Waals surface area (Å²) in [6, 6.07) is 13.8. The lowest BCUT2D eigenvalue weighted by Crippen LogP contribution is -2.54. The van der Waals surface area contributed by atoms with Crippen LogP contribution in [0.1, 0.15) is 116 Å². The van der Waals surface area contributed by atoms with Crippen molar-refractivity contribution in [1.82, 2.24) is 9.80 Å². The minimum absolute atomic E-state index is 0.00191. The molecule has 10 rings (SSSR count). The topological polar surface area (TPSA) is 419 Å². The van der Waals surface area contributed by atoms with Gasteiger partial charge in [0.05, 0.1) is 112 Å². The number of amides is 4. The molecule has 6 heterocycles. The zero-order valence-electron chi connectivity index (χ0n) is 58.1. The molecule has 4 aromatic carbocycles. The van der Waals surface area contributed by atoms with Crippen LogP contribution in [0.2, 0.25) is 0 Å². The Labute approximate surface area is 599 Å². The quantitative estimate of drug-likeness (QED) is 0.0137. The molecule has 0 spiro atoms. The average molecular weight is 1460 g/mol. The summed E-state index contributed by atoms with van der Waals surface area (Å²) in [6.07, 6.45) is -12.5. The first-order valence-corrected chi connectivity index (χ1v) is 34.3. The molecule has 566 valence electrons. The van der Waals surface area contributed by atoms with Gasteiger partial charge in [0.15, 0.2) is 35.6 Å². The number of likely N-dealkylation sites (tertiary alicyclic amines) is 2. The van der Waals surface area contributed by atoms with Crippen LogP contribution in [-0.2, 0) is 60.7 Å². The van der Waals surface area contributed by atoms with Crippen molar-refractivity contribution in [2.75, 3.05) is 104 Å². The lowest BCUT2D eigenvalue weighted by molar-refractivity contribution is -0.242. The number of nitrogens with one attached hydrogen (secondary N) is 2. The van der Waals surface area contributed by atoms with Gasteiger partial charge in [0, 0.05) is 51.8 Å². The van der Waals surface area contributed by atoms with Crippen molar-refractivity contribution < 1.29 is 131 Å². The predicted octanol–water partition coefficient (Wildman–Crippen LogP) is 4.51. The highest BCUT2D eigenvalue weighted by Crippen LogP contribution is 2.39. The second-order valence-electron chi connectivity index (χ2n) is 25.8. The minimum atomic E-state index is -1.66. The normalized spacial score (nSPS) is 23.6. The van der Waals surface area contributed by atoms with Crippen LogP contribution in [0.4, 0.5) is 21.0 Å². The third kappa shape index (κ3) is 19.7. The maximum atomic E-state index is 14.8. The van der Waals surface area contributed by atoms with E-state index in [9.17, 15) is 59.4 Å². The van der Waals surface area contributed by atoms with Crippen LogP contribution in [0.3, 0.4) is 0 Å². The molecule has 0 aromatic heterocycles. The first-order chi connectivity index (χ1) is 50.1. The van der Waals surface area contributed by atoms with E-state index in [1.54, 1.807) is 22.8 Å². The number of benzene rings is 4. The number of aliphatic hydroxyl groups is 6. The number of aryl methyl sites for hydroxylation is 1. The van der Waals surface area contributed by atoms with Gasteiger partial charge in [-0.2, -0.15) is 0 Å². The van der Waals surface area contributed by atoms with Crippen LogP contribution in [0.5, 0.6) is 28.7 Å². The highest BCUT2D eigenvalue weighted by molar-refractivity contribution is 6.05. The first-order valence-electron chi connectivity index (χ1n) is 34.3. The smallest absolute Gasteiger partial charge is 0.411 e. The third-order valence-corrected chi connectivity index (χ3v) is 18.1. The van der Waals surface area contributed by atoms with Gasteiger partial charge in [-0.15, -0.1) is 0 Å². The van der Waals surface area contributed by atoms with Crippen molar-refractivity contribution in [3.05, 3.63) is 124 Å². The fourth-order valence-electron chi connectivity index (χ4n) is 12.6. The number of unbranched alkanes of at least 4 members (excludes halogenated alkanes) is 2. The summed E-state index contributed by atoms with van der Waals surface area (Å²) in [4.78, 5) is 92.3. The Bertz CT molecular complexity index is 3700. The van der Waals surface area contributed by atoms with Crippen LogP contribution in [-0.4, -0.2) is 243 Å². The molecule has 104 heavy (non-hydrogen) atoms. The van der Waals surface area contributed by atoms with E-state index in [2.05, 4.69) is 28.6 Å². The lowest BCUT2D eigenvalue weighted by atomic mass is 10.0. The van der Waals surface area contributed by atoms with Gasteiger partial charge in [-0.1, -0.05) is 36.4 Å². The van der Waals surface area contributed by atoms with Gasteiger partial charge in [0.1, 0.15) is 67.1 Å². The number of hydrogen-bond donors (Lipinski definition) is 9. The molecule has 10 atom stereocenters. The summed E-state index contributed by atoms with van der Waals surface area (Å²) < 4.78 is 80.8. The zero-order valence-corrected chi connectivity index (χ0v) is 58.1. The van der Waals surface area contributed by atoms with Gasteiger partial charge in [-0.25, -0.2) is 15.5 Å². The van der Waals surface area contributed by atoms with Crippen LogP contribution in [0.25, 0.3) is 0 Å². The molecule has 6 aliphatic heterocycles. The maximum absolute atomic E-state index is 14.8. The van der Waals surface area contributed by atoms with Gasteiger partial charge in [0.2, 0.25) is 12.6 Å². The molecule has 0 saturated carbocycles. The van der Waals surface area contributed by atoms with Crippen molar-refractivity contribution in [3.63, 3.8) is 0 Å². The number of hydrogen-bond acceptors (Lipinski definition) is 28. The summed E-state index contributed by atoms with van der Waals surface area (Å²) in [7, 11) is 2.90. The molecule has 4 amide bonds. The highest BCUT2D eigenvalue weighted by atomic mass is 16.7. The summed E-state index contributed by atoms with van der Waals surface area (Å²) in [5.41, 5.74) is 3.07. The van der Waals surface area contributed by atoms with Gasteiger partial charge >= 0.3 is 12.2 Å². The number of nitrogens with zero attached hydrogens (tertiary/aromatic N) is 2. The monoisotopic (exact) mass is 1460 g/mol. The number of carbonyl (C=O) groups is 6. The van der Waals surface area contributed by atoms with E-state index in [1.807, 2.05) is 0 Å². The largest absolute Gasteiger partial charge is 0.493 e. The van der Waals surface area contributed by atoms with E-state index in [4.69, 9.17) is 72.2 Å². The van der Waals surface area contributed by atoms with Gasteiger partial charge in [0.25, 0.3) is 11.8 Å². The number of anilines is 2. The van der Waals surface area contributed by atoms with E-state index in [0.717, 1.165) is 11.1 Å². The standard InChI is InChI=1S/C72H91N5O27/c1-39-25-50(67-94-21-22-95-67)76(33-39)65(86)44-27-41(3)58(31-48(44)74-71(88)100-35-43-14-16-57(47(29-43)53(79)12-10-20-102-73)104-70-64(85)62(83)55(81)38-99-70)92-18-7-6-8-19-93-60-32-49(45(30-59(60)91-5)66(87)77-34-40(2)26-51(77)68-96-23-24-97-68)75-72(89)101-36-42-13-15-56(46(28-42)52(78)11-9-17-90-4)103-69-63(84)61(82)54(80)37-98-69/h13-16,27-32,50-51,54-55,61-64,67-70,80-85H,1-2,6-12,17-26,33-38,73H2,3-5H3,(H,74,88)(H,75,89)/t50?,51-,54+,55+,61-,62-,63+,64+,69-,70-/m0/s1. The summed E-state index contributed by atoms with van der Waals surface area (Å²) in [5, 5.41) is 67.2. The number of rotatable bonds is 33. The maximum Gasteiger partial charge on any atom is 0.411 e. The molecule has 32 nitrogen and oxygen atoms in total. The van der Waals surface area contributed by atoms with Crippen molar-refractivity contribution in [3.8, 4) is 28.7 Å². The summed E-state index contributed by atoms with van der Waals surface area (Å²) >= 11 is 0. The Hall–Kier alpha value is -8.42. The van der Waals surface area contributed by atoms with Crippen molar-refractivity contribution in [2.45, 2.75) is 152 Å². The minimum Gasteiger partial charge on any atom is -0.493 e. The predicted molar refractivity (Wildman–Crippen MR) is 364 cm³/mol. The van der Waals surface area contributed by atoms with Crippen molar-refractivity contribution >= 4 is 46.9 Å². The SMILES string of the molecule is C=C1CC(C2OCCO2)N(C(=O)c2cc(C)c(OCCCCCOc3cc(NC(=O)OCc4ccc(O[C@@H]5OC[C@@H](O)[C@H](O)[C@H]5O)c(C(=O)CCCOC)c4)c(C(=O)N4CC(=C)C[C@H]4C4OCCO4)cc3OC)cc2NC(=O)OCc2ccc(O[C@@H]3OC[C@@H](O)[C@H](O)[C@H]3O)c(C(=O)CCCON)c2)C1. The van der Waals surface area contributed by atoms with Gasteiger partial charge < -0.3 is 112 Å². The molecule has 4 aromatic rings. The zero-order chi connectivity index (χ0) is 74.1. The fraction of sp³-hybridized carbons (Fsp3) is 0.528. The van der Waals surface area contributed by atoms with E-state index in [1.165, 1.54) is 68.8 Å². The molecule has 0 radical (unpaired) electrons. The lowest BCUT2D eigenvalue weighted by Gasteiger charge is -2.35. The molecule has 6 saturated heterocycles. The molecular formula is C72H91N5O27. The van der Waals surface area contributed by atoms with E-state index >= 15 is 0 Å². The number of nitrogens with two attached hydrogens (primary N) is 1. The van der Waals surface area contributed by atoms with Crippen LogP contribution in [0, 0.1) is 6.92 Å². The number of ether oxygens (including phenoxy) is 14. The Balaban J connectivity index is 0.811. The second-order valence-corrected chi connectivity index (χ2v) is 25.8. The molecule has 6 aliphatic rings. The molecule has 0 bridgehead atoms. The number of Topliss-reactive ketones (excluding diaryl/α,β-unsaturated/α-hetero) is 2. The summed E-state index contributed by atoms with van der Waals surface area (Å²) in [5.74, 6) is 4.11. The van der Waals surface area contributed by atoms with Crippen molar-refractivity contribution in [2.24, 2.45) is 5.90 Å². The van der Waals surface area contributed by atoms with E-state index in [-0.39, 0.29) is 148 Å². The molecule has 10 N–H and O–H groups in total. The van der Waals surface area contributed by atoms with Gasteiger partial charge in [-0.3, -0.25) is 29.8 Å². The molecule has 1 unspecified atom stereocenters. The van der Waals surface area contributed by atoms with Crippen LogP contribution < -0.4 is 40.2 Å². The van der Waals surface area contributed by atoms with Crippen LogP contribution >= 0.6 is 0 Å². The van der Waals surface area contributed by atoms with Crippen molar-refractivity contribution in [1.29, 1.82) is 0 Å². The fourth-order valence-corrected chi connectivity index (χ4v) is 12.6. The first kappa shape index (κ1) is 78.2. The molecule has 0 aliphatic carbocycles. The Kier molecular flexibility index (Phi) is 27.8.